The molecule has 124 valence electrons. The Labute approximate surface area is 139 Å². The molecule has 2 heterocycles. The highest BCUT2D eigenvalue weighted by atomic mass is 19.1. The molecule has 2 aliphatic rings. The van der Waals surface area contributed by atoms with E-state index < -0.39 is 0 Å². The zero-order valence-corrected chi connectivity index (χ0v) is 13.6. The van der Waals surface area contributed by atoms with Crippen LogP contribution >= 0.6 is 0 Å². The van der Waals surface area contributed by atoms with Crippen LogP contribution in [0.25, 0.3) is 10.9 Å². The number of nitrogens with two attached hydrogens (primary N) is 1. The fraction of sp³-hybridized carbons (Fsp3) is 0.444. The molecule has 1 aromatic carbocycles. The molecule has 1 saturated heterocycles. The Balaban J connectivity index is 2.05. The highest BCUT2D eigenvalue weighted by Crippen LogP contribution is 2.40. The third kappa shape index (κ3) is 2.20. The highest BCUT2D eigenvalue weighted by Gasteiger charge is 2.30. The standard InChI is InChI=1S/C18H19FN4O/c1-10-17-14(7-15(19)18(10)22-5-4-12(21)9-22)11(8-20)6-16(24)23(17)13-2-3-13/h6-7,12-13H,2-5,9,21H2,1H3. The number of anilines is 1. The molecule has 5 nitrogen and oxygen atoms in total. The quantitative estimate of drug-likeness (QED) is 0.918. The third-order valence-electron chi connectivity index (χ3n) is 5.07. The van der Waals surface area contributed by atoms with Gasteiger partial charge in [0, 0.05) is 36.6 Å². The average Bonchev–Trinajstić information content (AvgIpc) is 3.29. The summed E-state index contributed by atoms with van der Waals surface area (Å²) in [4.78, 5) is 14.5. The number of aromatic nitrogens is 1. The highest BCUT2D eigenvalue weighted by molar-refractivity contribution is 5.92. The van der Waals surface area contributed by atoms with Gasteiger partial charge in [-0.05, 0) is 37.8 Å². The number of hydrogen-bond acceptors (Lipinski definition) is 4. The van der Waals surface area contributed by atoms with E-state index in [4.69, 9.17) is 5.73 Å². The van der Waals surface area contributed by atoms with Crippen molar-refractivity contribution in [2.45, 2.75) is 38.3 Å². The maximum absolute atomic E-state index is 14.8. The van der Waals surface area contributed by atoms with Crippen LogP contribution in [0.4, 0.5) is 10.1 Å². The Morgan fingerprint density at radius 1 is 1.33 bits per heavy atom. The zero-order chi connectivity index (χ0) is 17.0. The second-order valence-electron chi connectivity index (χ2n) is 6.83. The molecule has 2 aromatic rings. The molecule has 0 amide bonds. The monoisotopic (exact) mass is 326 g/mol. The van der Waals surface area contributed by atoms with Crippen molar-refractivity contribution in [1.29, 1.82) is 5.26 Å². The van der Waals surface area contributed by atoms with Crippen LogP contribution in [0.1, 0.15) is 36.4 Å². The van der Waals surface area contributed by atoms with Gasteiger partial charge in [0.2, 0.25) is 0 Å². The van der Waals surface area contributed by atoms with Gasteiger partial charge in [0.05, 0.1) is 16.8 Å². The number of hydrogen-bond donors (Lipinski definition) is 1. The molecule has 1 aliphatic heterocycles. The first-order chi connectivity index (χ1) is 11.5. The van der Waals surface area contributed by atoms with Gasteiger partial charge in [-0.15, -0.1) is 0 Å². The molecule has 4 rings (SSSR count). The molecule has 1 aromatic heterocycles. The summed E-state index contributed by atoms with van der Waals surface area (Å²) in [6.45, 7) is 3.15. The molecule has 1 aliphatic carbocycles. The average molecular weight is 326 g/mol. The molecule has 1 saturated carbocycles. The minimum atomic E-state index is -0.355. The predicted molar refractivity (Wildman–Crippen MR) is 90.7 cm³/mol. The lowest BCUT2D eigenvalue weighted by Gasteiger charge is -2.24. The normalized spacial score (nSPS) is 20.6. The van der Waals surface area contributed by atoms with Crippen molar-refractivity contribution in [3.8, 4) is 6.07 Å². The Morgan fingerprint density at radius 3 is 2.67 bits per heavy atom. The van der Waals surface area contributed by atoms with Gasteiger partial charge in [-0.1, -0.05) is 0 Å². The van der Waals surface area contributed by atoms with E-state index in [0.717, 1.165) is 24.8 Å². The number of halogens is 1. The van der Waals surface area contributed by atoms with E-state index in [0.29, 0.717) is 29.7 Å². The molecule has 24 heavy (non-hydrogen) atoms. The van der Waals surface area contributed by atoms with E-state index in [1.807, 2.05) is 17.9 Å². The Kier molecular flexibility index (Phi) is 3.36. The molecule has 1 atom stereocenters. The van der Waals surface area contributed by atoms with Crippen molar-refractivity contribution in [2.75, 3.05) is 18.0 Å². The van der Waals surface area contributed by atoms with Crippen molar-refractivity contribution >= 4 is 16.6 Å². The zero-order valence-electron chi connectivity index (χ0n) is 13.6. The molecular weight excluding hydrogens is 307 g/mol. The van der Waals surface area contributed by atoms with Crippen LogP contribution in [0.2, 0.25) is 0 Å². The van der Waals surface area contributed by atoms with Gasteiger partial charge in [-0.3, -0.25) is 4.79 Å². The molecule has 6 heteroatoms. The predicted octanol–water partition coefficient (Wildman–Crippen LogP) is 2.19. The van der Waals surface area contributed by atoms with Gasteiger partial charge in [0.15, 0.2) is 0 Å². The van der Waals surface area contributed by atoms with Crippen LogP contribution in [-0.2, 0) is 0 Å². The van der Waals surface area contributed by atoms with Crippen molar-refractivity contribution in [3.63, 3.8) is 0 Å². The van der Waals surface area contributed by atoms with Gasteiger partial charge in [0.25, 0.3) is 5.56 Å². The lowest BCUT2D eigenvalue weighted by Crippen LogP contribution is -2.28. The van der Waals surface area contributed by atoms with Crippen LogP contribution in [-0.4, -0.2) is 23.7 Å². The summed E-state index contributed by atoms with van der Waals surface area (Å²) in [6.07, 6.45) is 2.72. The topological polar surface area (TPSA) is 75.1 Å². The summed E-state index contributed by atoms with van der Waals surface area (Å²) in [5, 5.41) is 9.87. The van der Waals surface area contributed by atoms with E-state index in [-0.39, 0.29) is 29.0 Å². The summed E-state index contributed by atoms with van der Waals surface area (Å²) in [7, 11) is 0. The fourth-order valence-electron chi connectivity index (χ4n) is 3.82. The third-order valence-corrected chi connectivity index (χ3v) is 5.07. The second-order valence-corrected chi connectivity index (χ2v) is 6.83. The van der Waals surface area contributed by atoms with Gasteiger partial charge in [-0.2, -0.15) is 5.26 Å². The number of pyridine rings is 1. The number of fused-ring (bicyclic) bond motifs is 1. The van der Waals surface area contributed by atoms with Crippen LogP contribution in [0.5, 0.6) is 0 Å². The minimum Gasteiger partial charge on any atom is -0.367 e. The van der Waals surface area contributed by atoms with Gasteiger partial charge < -0.3 is 15.2 Å². The maximum Gasteiger partial charge on any atom is 0.252 e. The van der Waals surface area contributed by atoms with Gasteiger partial charge >= 0.3 is 0 Å². The van der Waals surface area contributed by atoms with E-state index >= 15 is 0 Å². The molecule has 1 unspecified atom stereocenters. The van der Waals surface area contributed by atoms with Crippen LogP contribution in [0, 0.1) is 24.1 Å². The number of rotatable bonds is 2. The number of benzene rings is 1. The van der Waals surface area contributed by atoms with Crippen molar-refractivity contribution in [1.82, 2.24) is 4.57 Å². The first kappa shape index (κ1) is 15.2. The van der Waals surface area contributed by atoms with Gasteiger partial charge in [0.1, 0.15) is 11.9 Å². The van der Waals surface area contributed by atoms with Crippen LogP contribution < -0.4 is 16.2 Å². The maximum atomic E-state index is 14.8. The summed E-state index contributed by atoms with van der Waals surface area (Å²) >= 11 is 0. The number of nitrogens with zero attached hydrogens (tertiary/aromatic N) is 3. The van der Waals surface area contributed by atoms with Crippen molar-refractivity contribution < 1.29 is 4.39 Å². The minimum absolute atomic E-state index is 0.0376. The van der Waals surface area contributed by atoms with E-state index in [9.17, 15) is 14.4 Å². The molecular formula is C18H19FN4O. The molecule has 0 spiro atoms. The second kappa shape index (κ2) is 5.32. The number of aryl methyl sites for hydroxylation is 1. The Morgan fingerprint density at radius 2 is 2.08 bits per heavy atom. The Bertz CT molecular complexity index is 939. The summed E-state index contributed by atoms with van der Waals surface area (Å²) in [5.41, 5.74) is 7.95. The summed E-state index contributed by atoms with van der Waals surface area (Å²) in [6, 6.07) is 4.96. The lowest BCUT2D eigenvalue weighted by molar-refractivity contribution is 0.622. The first-order valence-corrected chi connectivity index (χ1v) is 8.30. The lowest BCUT2D eigenvalue weighted by atomic mass is 10.0. The largest absolute Gasteiger partial charge is 0.367 e. The summed E-state index contributed by atoms with van der Waals surface area (Å²) < 4.78 is 16.6. The molecule has 2 fully saturated rings. The van der Waals surface area contributed by atoms with E-state index in [1.54, 1.807) is 4.57 Å². The smallest absolute Gasteiger partial charge is 0.252 e. The van der Waals surface area contributed by atoms with Gasteiger partial charge in [-0.25, -0.2) is 4.39 Å². The SMILES string of the molecule is Cc1c(N2CCC(N)C2)c(F)cc2c(C#N)cc(=O)n(C3CC3)c12. The molecule has 0 bridgehead atoms. The van der Waals surface area contributed by atoms with Crippen LogP contribution in [0.3, 0.4) is 0 Å². The fourth-order valence-corrected chi connectivity index (χ4v) is 3.82. The van der Waals surface area contributed by atoms with E-state index in [2.05, 4.69) is 0 Å². The Hall–Kier alpha value is -2.39. The molecule has 2 N–H and O–H groups in total. The van der Waals surface area contributed by atoms with Crippen molar-refractivity contribution in [3.05, 3.63) is 39.4 Å². The van der Waals surface area contributed by atoms with Crippen molar-refractivity contribution in [2.24, 2.45) is 5.73 Å². The molecule has 0 radical (unpaired) electrons. The van der Waals surface area contributed by atoms with Crippen LogP contribution in [0.15, 0.2) is 16.9 Å². The summed E-state index contributed by atoms with van der Waals surface area (Å²) in [5.74, 6) is -0.355. The van der Waals surface area contributed by atoms with E-state index in [1.165, 1.54) is 12.1 Å². The first-order valence-electron chi connectivity index (χ1n) is 8.30. The number of nitriles is 1.